The van der Waals surface area contributed by atoms with Crippen molar-refractivity contribution in [3.8, 4) is 0 Å². The number of rotatable bonds is 9. The molecule has 2 aromatic carbocycles. The average Bonchev–Trinajstić information content (AvgIpc) is 2.57. The van der Waals surface area contributed by atoms with Crippen LogP contribution in [0.2, 0.25) is 0 Å². The third kappa shape index (κ3) is 5.77. The van der Waals surface area contributed by atoms with Crippen LogP contribution < -0.4 is 10.0 Å². The van der Waals surface area contributed by atoms with Gasteiger partial charge in [0, 0.05) is 22.7 Å². The van der Waals surface area contributed by atoms with Gasteiger partial charge in [-0.15, -0.1) is 0 Å². The van der Waals surface area contributed by atoms with Gasteiger partial charge in [0.1, 0.15) is 0 Å². The largest absolute Gasteiger partial charge is 0.755 e. The quantitative estimate of drug-likeness (QED) is 0.450. The van der Waals surface area contributed by atoms with Crippen molar-refractivity contribution in [2.45, 2.75) is 29.6 Å². The predicted molar refractivity (Wildman–Crippen MR) is 99.9 cm³/mol. The Morgan fingerprint density at radius 3 is 2.52 bits per heavy atom. The fourth-order valence-corrected chi connectivity index (χ4v) is 3.56. The van der Waals surface area contributed by atoms with Crippen molar-refractivity contribution in [1.29, 1.82) is 0 Å². The number of hydrogen-bond donors (Lipinski definition) is 3. The van der Waals surface area contributed by atoms with E-state index in [0.29, 0.717) is 17.1 Å². The molecule has 3 N–H and O–H groups in total. The first-order valence-corrected chi connectivity index (χ1v) is 9.64. The summed E-state index contributed by atoms with van der Waals surface area (Å²) in [5, 5.41) is 12.5. The zero-order valence-electron chi connectivity index (χ0n) is 13.7. The lowest BCUT2D eigenvalue weighted by Crippen LogP contribution is -2.09. The highest BCUT2D eigenvalue weighted by Crippen LogP contribution is 2.40. The molecule has 0 amide bonds. The van der Waals surface area contributed by atoms with Crippen LogP contribution in [0.1, 0.15) is 30.1 Å². The number of hydrogen-bond acceptors (Lipinski definition) is 5. The predicted octanol–water partition coefficient (Wildman–Crippen LogP) is 3.95. The van der Waals surface area contributed by atoms with Crippen LogP contribution in [0.4, 0.5) is 11.4 Å². The topological polar surface area (TPSA) is 101 Å². The lowest BCUT2D eigenvalue weighted by molar-refractivity contribution is 0.0697. The molecule has 1 unspecified atom stereocenters. The Bertz CT molecular complexity index is 754. The van der Waals surface area contributed by atoms with Crippen LogP contribution in [-0.2, 0) is 11.3 Å². The summed E-state index contributed by atoms with van der Waals surface area (Å²) in [4.78, 5) is 12.9. The van der Waals surface area contributed by atoms with Crippen molar-refractivity contribution >= 4 is 40.4 Å². The van der Waals surface area contributed by atoms with E-state index < -0.39 is 17.2 Å². The van der Waals surface area contributed by atoms with Gasteiger partial charge in [0.25, 0.3) is 0 Å². The number of carboxylic acid groups (broad SMARTS) is 1. The molecule has 0 spiro atoms. The molecule has 0 bridgehead atoms. The van der Waals surface area contributed by atoms with Crippen LogP contribution in [0.25, 0.3) is 0 Å². The molecular weight excluding hydrogens is 360 g/mol. The highest BCUT2D eigenvalue weighted by molar-refractivity contribution is 7.99. The maximum absolute atomic E-state index is 11.4. The van der Waals surface area contributed by atoms with Crippen LogP contribution in [0.15, 0.2) is 52.3 Å². The summed E-state index contributed by atoms with van der Waals surface area (Å²) in [6, 6.07) is 12.3. The molecular formula is C17H19N2O4S2-. The van der Waals surface area contributed by atoms with E-state index in [0.717, 1.165) is 17.7 Å². The summed E-state index contributed by atoms with van der Waals surface area (Å²) in [6.07, 6.45) is 1.91. The van der Waals surface area contributed by atoms with Crippen molar-refractivity contribution in [3.63, 3.8) is 0 Å². The van der Waals surface area contributed by atoms with Crippen LogP contribution in [-0.4, -0.2) is 26.4 Å². The van der Waals surface area contributed by atoms with Crippen molar-refractivity contribution in [2.24, 2.45) is 0 Å². The van der Waals surface area contributed by atoms with Crippen LogP contribution >= 0.6 is 11.8 Å². The van der Waals surface area contributed by atoms with E-state index in [1.54, 1.807) is 0 Å². The monoisotopic (exact) mass is 379 g/mol. The first kappa shape index (κ1) is 19.3. The molecule has 0 aliphatic rings. The zero-order valence-corrected chi connectivity index (χ0v) is 15.3. The van der Waals surface area contributed by atoms with Gasteiger partial charge in [-0.1, -0.05) is 43.3 Å². The molecule has 0 aliphatic carbocycles. The lowest BCUT2D eigenvalue weighted by atomic mass is 10.1. The van der Waals surface area contributed by atoms with E-state index >= 15 is 0 Å². The molecule has 1 atom stereocenters. The summed E-state index contributed by atoms with van der Waals surface area (Å²) in [6.45, 7) is 2.73. The molecule has 0 radical (unpaired) electrons. The number of unbranched alkanes of at least 4 members (excludes halogenated alkanes) is 1. The zero-order chi connectivity index (χ0) is 18.2. The maximum Gasteiger partial charge on any atom is 0.335 e. The third-order valence-electron chi connectivity index (χ3n) is 3.34. The summed E-state index contributed by atoms with van der Waals surface area (Å²) >= 11 is -1.19. The SMILES string of the molecule is CCCCNc1cc(C(=O)O)cc(NS(=O)[O-])c1Sc1ccccc1. The van der Waals surface area contributed by atoms with E-state index in [-0.39, 0.29) is 11.3 Å². The normalized spacial score (nSPS) is 11.8. The first-order chi connectivity index (χ1) is 12.0. The van der Waals surface area contributed by atoms with Gasteiger partial charge < -0.3 is 19.7 Å². The van der Waals surface area contributed by atoms with Gasteiger partial charge in [0.2, 0.25) is 0 Å². The number of carbonyl (C=O) groups is 1. The molecule has 0 aromatic heterocycles. The molecule has 2 rings (SSSR count). The average molecular weight is 379 g/mol. The third-order valence-corrected chi connectivity index (χ3v) is 4.88. The standard InChI is InChI=1S/C17H20N2O4S2/c1-2-3-9-18-14-10-12(17(20)21)11-15(19-25(22)23)16(14)24-13-7-5-4-6-8-13/h4-8,10-11,18-19H,2-3,9H2,1H3,(H,20,21)(H,22,23)/p-1. The lowest BCUT2D eigenvalue weighted by Gasteiger charge is -2.19. The molecule has 0 aliphatic heterocycles. The minimum Gasteiger partial charge on any atom is -0.755 e. The Morgan fingerprint density at radius 1 is 1.24 bits per heavy atom. The summed E-state index contributed by atoms with van der Waals surface area (Å²) in [7, 11) is 0. The second kappa shape index (κ2) is 9.45. The fourth-order valence-electron chi connectivity index (χ4n) is 2.17. The smallest absolute Gasteiger partial charge is 0.335 e. The Hall–Kier alpha value is -2.03. The number of carboxylic acids is 1. The van der Waals surface area contributed by atoms with E-state index in [1.165, 1.54) is 23.9 Å². The molecule has 0 heterocycles. The van der Waals surface area contributed by atoms with Crippen LogP contribution in [0.5, 0.6) is 0 Å². The Balaban J connectivity index is 2.48. The second-order valence-electron chi connectivity index (χ2n) is 5.24. The number of nitrogens with one attached hydrogen (secondary N) is 2. The fraction of sp³-hybridized carbons (Fsp3) is 0.235. The van der Waals surface area contributed by atoms with Crippen molar-refractivity contribution in [2.75, 3.05) is 16.6 Å². The van der Waals surface area contributed by atoms with Gasteiger partial charge in [0.05, 0.1) is 21.8 Å². The molecule has 0 saturated carbocycles. The molecule has 0 saturated heterocycles. The van der Waals surface area contributed by atoms with Gasteiger partial charge >= 0.3 is 5.97 Å². The first-order valence-electron chi connectivity index (χ1n) is 7.75. The summed E-state index contributed by atoms with van der Waals surface area (Å²) < 4.78 is 24.6. The van der Waals surface area contributed by atoms with Gasteiger partial charge in [-0.3, -0.25) is 4.21 Å². The number of benzene rings is 2. The molecule has 6 nitrogen and oxygen atoms in total. The van der Waals surface area contributed by atoms with Crippen molar-refractivity contribution in [1.82, 2.24) is 0 Å². The Kier molecular flexibility index (Phi) is 7.30. The minimum absolute atomic E-state index is 0.0179. The summed E-state index contributed by atoms with van der Waals surface area (Å²) in [5.41, 5.74) is 0.848. The van der Waals surface area contributed by atoms with Gasteiger partial charge in [-0.25, -0.2) is 4.79 Å². The molecule has 25 heavy (non-hydrogen) atoms. The molecule has 8 heteroatoms. The van der Waals surface area contributed by atoms with Crippen LogP contribution in [0, 0.1) is 0 Å². The van der Waals surface area contributed by atoms with E-state index in [1.807, 2.05) is 30.3 Å². The van der Waals surface area contributed by atoms with Crippen LogP contribution in [0.3, 0.4) is 0 Å². The summed E-state index contributed by atoms with van der Waals surface area (Å²) in [5.74, 6) is -1.12. The minimum atomic E-state index is -2.56. The highest BCUT2D eigenvalue weighted by atomic mass is 32.2. The maximum atomic E-state index is 11.4. The van der Waals surface area contributed by atoms with E-state index in [9.17, 15) is 18.7 Å². The Morgan fingerprint density at radius 2 is 1.92 bits per heavy atom. The molecule has 0 fully saturated rings. The molecule has 134 valence electrons. The van der Waals surface area contributed by atoms with Crippen molar-refractivity contribution < 1.29 is 18.7 Å². The van der Waals surface area contributed by atoms with E-state index in [4.69, 9.17) is 0 Å². The highest BCUT2D eigenvalue weighted by Gasteiger charge is 2.16. The van der Waals surface area contributed by atoms with Gasteiger partial charge in [-0.05, 0) is 30.7 Å². The van der Waals surface area contributed by atoms with Gasteiger partial charge in [-0.2, -0.15) is 0 Å². The number of anilines is 2. The molecule has 2 aromatic rings. The Labute approximate surface area is 153 Å². The second-order valence-corrected chi connectivity index (χ2v) is 7.00. The van der Waals surface area contributed by atoms with Gasteiger partial charge in [0.15, 0.2) is 0 Å². The van der Waals surface area contributed by atoms with Crippen molar-refractivity contribution in [3.05, 3.63) is 48.0 Å². The van der Waals surface area contributed by atoms with E-state index in [2.05, 4.69) is 17.0 Å². The number of aromatic carboxylic acids is 1.